The molecule has 2 rings (SSSR count). The van der Waals surface area contributed by atoms with Gasteiger partial charge in [-0.1, -0.05) is 6.92 Å². The second-order valence-corrected chi connectivity index (χ2v) is 4.75. The predicted octanol–water partition coefficient (Wildman–Crippen LogP) is 2.13. The van der Waals surface area contributed by atoms with E-state index in [0.717, 1.165) is 29.5 Å². The molecule has 0 radical (unpaired) electrons. The third-order valence-electron chi connectivity index (χ3n) is 2.47. The number of hydrogen-bond acceptors (Lipinski definition) is 5. The first kappa shape index (κ1) is 12.1. The summed E-state index contributed by atoms with van der Waals surface area (Å²) in [6.07, 6.45) is 4.53. The number of aromatic nitrogens is 3. The summed E-state index contributed by atoms with van der Waals surface area (Å²) in [5, 5.41) is 6.58. The third-order valence-corrected chi connectivity index (χ3v) is 3.27. The van der Waals surface area contributed by atoms with Crippen molar-refractivity contribution >= 4 is 11.3 Å². The molecule has 5 heteroatoms. The number of nitrogens with one attached hydrogen (secondary N) is 1. The van der Waals surface area contributed by atoms with E-state index in [1.54, 1.807) is 11.3 Å². The molecule has 0 aliphatic rings. The molecular weight excluding hydrogens is 232 g/mol. The van der Waals surface area contributed by atoms with E-state index in [1.165, 1.54) is 0 Å². The molecule has 0 aromatic carbocycles. The Hall–Kier alpha value is -1.33. The topological polar surface area (TPSA) is 50.7 Å². The SMILES string of the molecule is CCNC(Cc1nccs1)c1ccnc(C)n1. The van der Waals surface area contributed by atoms with Gasteiger partial charge in [-0.25, -0.2) is 15.0 Å². The van der Waals surface area contributed by atoms with Crippen LogP contribution in [0.2, 0.25) is 0 Å². The van der Waals surface area contributed by atoms with Crippen LogP contribution in [0.5, 0.6) is 0 Å². The number of aryl methyl sites for hydroxylation is 1. The summed E-state index contributed by atoms with van der Waals surface area (Å²) in [6.45, 7) is 4.93. The summed E-state index contributed by atoms with van der Waals surface area (Å²) in [5.41, 5.74) is 1.04. The highest BCUT2D eigenvalue weighted by Crippen LogP contribution is 2.17. The van der Waals surface area contributed by atoms with Gasteiger partial charge < -0.3 is 5.32 Å². The summed E-state index contributed by atoms with van der Waals surface area (Å²) in [5.74, 6) is 0.810. The number of thiazole rings is 1. The van der Waals surface area contributed by atoms with Crippen LogP contribution < -0.4 is 5.32 Å². The van der Waals surface area contributed by atoms with Crippen molar-refractivity contribution in [1.29, 1.82) is 0 Å². The first-order valence-electron chi connectivity index (χ1n) is 5.71. The number of rotatable bonds is 5. The van der Waals surface area contributed by atoms with E-state index < -0.39 is 0 Å². The van der Waals surface area contributed by atoms with Crippen molar-refractivity contribution in [2.75, 3.05) is 6.54 Å². The van der Waals surface area contributed by atoms with Crippen LogP contribution in [0.15, 0.2) is 23.8 Å². The molecule has 2 aromatic rings. The Labute approximate surface area is 105 Å². The van der Waals surface area contributed by atoms with E-state index in [4.69, 9.17) is 0 Å². The molecule has 0 aliphatic heterocycles. The molecule has 0 spiro atoms. The number of nitrogens with zero attached hydrogens (tertiary/aromatic N) is 3. The minimum Gasteiger partial charge on any atom is -0.309 e. The highest BCUT2D eigenvalue weighted by molar-refractivity contribution is 7.09. The molecule has 0 fully saturated rings. The van der Waals surface area contributed by atoms with Gasteiger partial charge in [0.1, 0.15) is 5.82 Å². The Morgan fingerprint density at radius 1 is 1.35 bits per heavy atom. The molecule has 4 nitrogen and oxygen atoms in total. The fourth-order valence-electron chi connectivity index (χ4n) is 1.72. The Balaban J connectivity index is 2.16. The van der Waals surface area contributed by atoms with Gasteiger partial charge in [-0.15, -0.1) is 11.3 Å². The van der Waals surface area contributed by atoms with Crippen LogP contribution in [0, 0.1) is 6.92 Å². The van der Waals surface area contributed by atoms with Crippen LogP contribution in [0.1, 0.15) is 29.5 Å². The van der Waals surface area contributed by atoms with E-state index in [0.29, 0.717) is 0 Å². The van der Waals surface area contributed by atoms with Crippen molar-refractivity contribution in [2.24, 2.45) is 0 Å². The Morgan fingerprint density at radius 3 is 2.88 bits per heavy atom. The van der Waals surface area contributed by atoms with Crippen molar-refractivity contribution in [3.8, 4) is 0 Å². The average molecular weight is 248 g/mol. The van der Waals surface area contributed by atoms with Gasteiger partial charge in [0.25, 0.3) is 0 Å². The molecular formula is C12H16N4S. The van der Waals surface area contributed by atoms with Crippen molar-refractivity contribution < 1.29 is 0 Å². The van der Waals surface area contributed by atoms with Crippen molar-refractivity contribution in [3.05, 3.63) is 40.4 Å². The summed E-state index contributed by atoms with van der Waals surface area (Å²) in [6, 6.07) is 2.18. The summed E-state index contributed by atoms with van der Waals surface area (Å²) in [7, 11) is 0. The zero-order chi connectivity index (χ0) is 12.1. The third kappa shape index (κ3) is 3.31. The Kier molecular flexibility index (Phi) is 4.17. The van der Waals surface area contributed by atoms with Gasteiger partial charge in [-0.2, -0.15) is 0 Å². The van der Waals surface area contributed by atoms with Crippen LogP contribution in [-0.4, -0.2) is 21.5 Å². The molecule has 0 aliphatic carbocycles. The van der Waals surface area contributed by atoms with Gasteiger partial charge >= 0.3 is 0 Å². The Bertz CT molecular complexity index is 455. The van der Waals surface area contributed by atoms with Gasteiger partial charge in [-0.05, 0) is 19.5 Å². The largest absolute Gasteiger partial charge is 0.309 e. The molecule has 0 saturated heterocycles. The van der Waals surface area contributed by atoms with Crippen molar-refractivity contribution in [2.45, 2.75) is 26.3 Å². The number of hydrogen-bond donors (Lipinski definition) is 1. The van der Waals surface area contributed by atoms with Gasteiger partial charge in [0.05, 0.1) is 16.7 Å². The molecule has 90 valence electrons. The van der Waals surface area contributed by atoms with Crippen LogP contribution in [0.25, 0.3) is 0 Å². The summed E-state index contributed by atoms with van der Waals surface area (Å²) >= 11 is 1.68. The van der Waals surface area contributed by atoms with E-state index in [9.17, 15) is 0 Å². The van der Waals surface area contributed by atoms with E-state index >= 15 is 0 Å². The predicted molar refractivity (Wildman–Crippen MR) is 69.0 cm³/mol. The lowest BCUT2D eigenvalue weighted by molar-refractivity contribution is 0.533. The smallest absolute Gasteiger partial charge is 0.125 e. The van der Waals surface area contributed by atoms with Crippen LogP contribution >= 0.6 is 11.3 Å². The average Bonchev–Trinajstić information content (AvgIpc) is 2.81. The van der Waals surface area contributed by atoms with Gasteiger partial charge in [0, 0.05) is 24.2 Å². The maximum absolute atomic E-state index is 4.48. The van der Waals surface area contributed by atoms with E-state index in [2.05, 4.69) is 27.2 Å². The van der Waals surface area contributed by atoms with Crippen LogP contribution in [0.4, 0.5) is 0 Å². The first-order valence-corrected chi connectivity index (χ1v) is 6.59. The second-order valence-electron chi connectivity index (χ2n) is 3.77. The molecule has 0 amide bonds. The summed E-state index contributed by atoms with van der Waals surface area (Å²) < 4.78 is 0. The molecule has 2 heterocycles. The minimum atomic E-state index is 0.216. The molecule has 0 saturated carbocycles. The lowest BCUT2D eigenvalue weighted by Gasteiger charge is -2.16. The normalized spacial score (nSPS) is 12.6. The highest BCUT2D eigenvalue weighted by atomic mass is 32.1. The fourth-order valence-corrected chi connectivity index (χ4v) is 2.39. The Morgan fingerprint density at radius 2 is 2.24 bits per heavy atom. The molecule has 17 heavy (non-hydrogen) atoms. The molecule has 2 aromatic heterocycles. The zero-order valence-corrected chi connectivity index (χ0v) is 10.9. The molecule has 1 atom stereocenters. The van der Waals surface area contributed by atoms with Crippen LogP contribution in [-0.2, 0) is 6.42 Å². The lowest BCUT2D eigenvalue weighted by Crippen LogP contribution is -2.24. The number of likely N-dealkylation sites (N-methyl/N-ethyl adjacent to an activating group) is 1. The summed E-state index contributed by atoms with van der Waals surface area (Å²) in [4.78, 5) is 12.9. The zero-order valence-electron chi connectivity index (χ0n) is 10.1. The molecule has 1 unspecified atom stereocenters. The van der Waals surface area contributed by atoms with E-state index in [-0.39, 0.29) is 6.04 Å². The van der Waals surface area contributed by atoms with Gasteiger partial charge in [0.15, 0.2) is 0 Å². The highest BCUT2D eigenvalue weighted by Gasteiger charge is 2.14. The quantitative estimate of drug-likeness (QED) is 0.880. The first-order chi connectivity index (χ1) is 8.29. The second kappa shape index (κ2) is 5.84. The minimum absolute atomic E-state index is 0.216. The van der Waals surface area contributed by atoms with Gasteiger partial charge in [0.2, 0.25) is 0 Å². The lowest BCUT2D eigenvalue weighted by atomic mass is 10.1. The fraction of sp³-hybridized carbons (Fsp3) is 0.417. The molecule has 0 bridgehead atoms. The maximum Gasteiger partial charge on any atom is 0.125 e. The molecule has 1 N–H and O–H groups in total. The maximum atomic E-state index is 4.48. The monoisotopic (exact) mass is 248 g/mol. The van der Waals surface area contributed by atoms with Crippen molar-refractivity contribution in [3.63, 3.8) is 0 Å². The van der Waals surface area contributed by atoms with Gasteiger partial charge in [-0.3, -0.25) is 0 Å². The standard InChI is InChI=1S/C12H16N4S/c1-3-13-11(8-12-15-6-7-17-12)10-4-5-14-9(2)16-10/h4-7,11,13H,3,8H2,1-2H3. The van der Waals surface area contributed by atoms with Crippen molar-refractivity contribution in [1.82, 2.24) is 20.3 Å². The van der Waals surface area contributed by atoms with Crippen LogP contribution in [0.3, 0.4) is 0 Å². The van der Waals surface area contributed by atoms with E-state index in [1.807, 2.05) is 30.8 Å².